The first-order valence-electron chi connectivity index (χ1n) is 7.31. The molecule has 0 saturated carbocycles. The van der Waals surface area contributed by atoms with Crippen LogP contribution in [-0.2, 0) is 11.2 Å². The summed E-state index contributed by atoms with van der Waals surface area (Å²) in [5.74, 6) is 0.614. The molecule has 0 fully saturated rings. The van der Waals surface area contributed by atoms with Crippen molar-refractivity contribution in [3.8, 4) is 5.75 Å². The Morgan fingerprint density at radius 2 is 1.82 bits per heavy atom. The van der Waals surface area contributed by atoms with Gasteiger partial charge in [0.2, 0.25) is 5.91 Å². The normalized spacial score (nSPS) is 11.7. The van der Waals surface area contributed by atoms with Crippen LogP contribution in [0.1, 0.15) is 23.6 Å². The molecular formula is C18H21NO3. The Morgan fingerprint density at radius 1 is 1.14 bits per heavy atom. The predicted octanol–water partition coefficient (Wildman–Crippen LogP) is 2.48. The van der Waals surface area contributed by atoms with E-state index in [0.29, 0.717) is 12.2 Å². The molecule has 0 aromatic heterocycles. The van der Waals surface area contributed by atoms with Crippen molar-refractivity contribution in [1.29, 1.82) is 0 Å². The average Bonchev–Trinajstić information content (AvgIpc) is 2.56. The van der Waals surface area contributed by atoms with Crippen molar-refractivity contribution in [2.75, 3.05) is 13.7 Å². The van der Waals surface area contributed by atoms with E-state index in [0.717, 1.165) is 11.1 Å². The third-order valence-electron chi connectivity index (χ3n) is 3.50. The molecule has 0 aliphatic rings. The molecule has 2 rings (SSSR count). The van der Waals surface area contributed by atoms with E-state index in [1.165, 1.54) is 0 Å². The summed E-state index contributed by atoms with van der Waals surface area (Å²) in [5, 5.41) is 12.2. The van der Waals surface area contributed by atoms with Gasteiger partial charge in [0.25, 0.3) is 0 Å². The van der Waals surface area contributed by atoms with Gasteiger partial charge in [0.05, 0.1) is 19.6 Å². The van der Waals surface area contributed by atoms with Gasteiger partial charge in [0.1, 0.15) is 5.75 Å². The lowest BCUT2D eigenvalue weighted by Crippen LogP contribution is -2.30. The molecule has 1 unspecified atom stereocenters. The molecule has 22 heavy (non-hydrogen) atoms. The Hall–Kier alpha value is -2.33. The number of hydrogen-bond donors (Lipinski definition) is 2. The van der Waals surface area contributed by atoms with Gasteiger partial charge < -0.3 is 15.2 Å². The highest BCUT2D eigenvalue weighted by atomic mass is 16.5. The topological polar surface area (TPSA) is 58.6 Å². The van der Waals surface area contributed by atoms with Crippen LogP contribution in [0.5, 0.6) is 5.75 Å². The zero-order chi connectivity index (χ0) is 15.8. The van der Waals surface area contributed by atoms with E-state index < -0.39 is 0 Å². The Morgan fingerprint density at radius 3 is 2.50 bits per heavy atom. The fourth-order valence-electron chi connectivity index (χ4n) is 2.40. The third kappa shape index (κ3) is 4.33. The highest BCUT2D eigenvalue weighted by Crippen LogP contribution is 2.19. The molecule has 2 aromatic rings. The van der Waals surface area contributed by atoms with Crippen molar-refractivity contribution in [2.45, 2.75) is 18.9 Å². The lowest BCUT2D eigenvalue weighted by atomic mass is 10.0. The molecule has 116 valence electrons. The first kappa shape index (κ1) is 16.0. The molecular weight excluding hydrogens is 278 g/mol. The number of ether oxygens (including phenoxy) is 1. The van der Waals surface area contributed by atoms with E-state index in [4.69, 9.17) is 4.74 Å². The van der Waals surface area contributed by atoms with Crippen LogP contribution in [0.25, 0.3) is 0 Å². The fraction of sp³-hybridized carbons (Fsp3) is 0.278. The molecule has 0 aliphatic heterocycles. The number of hydrogen-bond acceptors (Lipinski definition) is 3. The van der Waals surface area contributed by atoms with Crippen molar-refractivity contribution in [3.63, 3.8) is 0 Å². The maximum absolute atomic E-state index is 12.3. The molecule has 2 aromatic carbocycles. The molecule has 4 nitrogen and oxygen atoms in total. The zero-order valence-electron chi connectivity index (χ0n) is 12.7. The van der Waals surface area contributed by atoms with Crippen molar-refractivity contribution in [3.05, 3.63) is 65.7 Å². The van der Waals surface area contributed by atoms with Gasteiger partial charge >= 0.3 is 0 Å². The van der Waals surface area contributed by atoms with E-state index in [2.05, 4.69) is 5.32 Å². The summed E-state index contributed by atoms with van der Waals surface area (Å²) < 4.78 is 5.26. The monoisotopic (exact) mass is 299 g/mol. The van der Waals surface area contributed by atoms with E-state index in [9.17, 15) is 9.90 Å². The Balaban J connectivity index is 2.05. The second kappa shape index (κ2) is 8.20. The predicted molar refractivity (Wildman–Crippen MR) is 85.7 cm³/mol. The SMILES string of the molecule is COc1ccccc1CC(=O)NC(CCO)c1ccccc1. The number of carbonyl (C=O) groups is 1. The van der Waals surface area contributed by atoms with Crippen molar-refractivity contribution in [1.82, 2.24) is 5.32 Å². The summed E-state index contributed by atoms with van der Waals surface area (Å²) in [6.45, 7) is 0.0223. The summed E-state index contributed by atoms with van der Waals surface area (Å²) in [6, 6.07) is 17.0. The fourth-order valence-corrected chi connectivity index (χ4v) is 2.40. The van der Waals surface area contributed by atoms with Gasteiger partial charge in [-0.25, -0.2) is 0 Å². The van der Waals surface area contributed by atoms with Crippen LogP contribution >= 0.6 is 0 Å². The summed E-state index contributed by atoms with van der Waals surface area (Å²) in [5.41, 5.74) is 1.84. The van der Waals surface area contributed by atoms with Gasteiger partial charge in [-0.3, -0.25) is 4.79 Å². The van der Waals surface area contributed by atoms with E-state index >= 15 is 0 Å². The summed E-state index contributed by atoms with van der Waals surface area (Å²) >= 11 is 0. The maximum atomic E-state index is 12.3. The Labute approximate surface area is 130 Å². The van der Waals surface area contributed by atoms with Crippen LogP contribution in [-0.4, -0.2) is 24.7 Å². The molecule has 0 radical (unpaired) electrons. The molecule has 1 amide bonds. The number of para-hydroxylation sites is 1. The molecule has 2 N–H and O–H groups in total. The van der Waals surface area contributed by atoms with Gasteiger partial charge in [-0.15, -0.1) is 0 Å². The lowest BCUT2D eigenvalue weighted by Gasteiger charge is -2.18. The van der Waals surface area contributed by atoms with Gasteiger partial charge in [-0.05, 0) is 18.1 Å². The van der Waals surface area contributed by atoms with E-state index in [-0.39, 0.29) is 25.0 Å². The average molecular weight is 299 g/mol. The van der Waals surface area contributed by atoms with Gasteiger partial charge in [0.15, 0.2) is 0 Å². The Bertz CT molecular complexity index is 598. The van der Waals surface area contributed by atoms with Crippen LogP contribution in [0.3, 0.4) is 0 Å². The molecule has 0 aliphatic carbocycles. The number of amides is 1. The van der Waals surface area contributed by atoms with Crippen LogP contribution in [0.15, 0.2) is 54.6 Å². The van der Waals surface area contributed by atoms with Crippen LogP contribution in [0.2, 0.25) is 0 Å². The van der Waals surface area contributed by atoms with Crippen molar-refractivity contribution in [2.24, 2.45) is 0 Å². The lowest BCUT2D eigenvalue weighted by molar-refractivity contribution is -0.121. The number of nitrogens with one attached hydrogen (secondary N) is 1. The summed E-state index contributed by atoms with van der Waals surface area (Å²) in [4.78, 5) is 12.3. The molecule has 0 heterocycles. The van der Waals surface area contributed by atoms with Crippen molar-refractivity contribution >= 4 is 5.91 Å². The highest BCUT2D eigenvalue weighted by Gasteiger charge is 2.15. The second-order valence-corrected chi connectivity index (χ2v) is 5.03. The quantitative estimate of drug-likeness (QED) is 0.826. The third-order valence-corrected chi connectivity index (χ3v) is 3.50. The number of aliphatic hydroxyl groups excluding tert-OH is 1. The maximum Gasteiger partial charge on any atom is 0.225 e. The number of methoxy groups -OCH3 is 1. The highest BCUT2D eigenvalue weighted by molar-refractivity contribution is 5.79. The molecule has 1 atom stereocenters. The minimum atomic E-state index is -0.187. The van der Waals surface area contributed by atoms with Gasteiger partial charge in [-0.1, -0.05) is 48.5 Å². The number of carbonyl (C=O) groups excluding carboxylic acids is 1. The van der Waals surface area contributed by atoms with E-state index in [1.54, 1.807) is 7.11 Å². The zero-order valence-corrected chi connectivity index (χ0v) is 12.7. The summed E-state index contributed by atoms with van der Waals surface area (Å²) in [7, 11) is 1.59. The molecule has 4 heteroatoms. The number of benzene rings is 2. The van der Waals surface area contributed by atoms with Crippen LogP contribution < -0.4 is 10.1 Å². The minimum Gasteiger partial charge on any atom is -0.496 e. The second-order valence-electron chi connectivity index (χ2n) is 5.03. The van der Waals surface area contributed by atoms with Crippen LogP contribution in [0.4, 0.5) is 0 Å². The van der Waals surface area contributed by atoms with E-state index in [1.807, 2.05) is 54.6 Å². The molecule has 0 saturated heterocycles. The number of aliphatic hydroxyl groups is 1. The number of rotatable bonds is 7. The standard InChI is InChI=1S/C18H21NO3/c1-22-17-10-6-5-9-15(17)13-18(21)19-16(11-12-20)14-7-3-2-4-8-14/h2-10,16,20H,11-13H2,1H3,(H,19,21). The van der Waals surface area contributed by atoms with Crippen LogP contribution in [0, 0.1) is 0 Å². The first-order chi connectivity index (χ1) is 10.7. The molecule has 0 bridgehead atoms. The Kier molecular flexibility index (Phi) is 5.98. The summed E-state index contributed by atoms with van der Waals surface area (Å²) in [6.07, 6.45) is 0.737. The van der Waals surface area contributed by atoms with Gasteiger partial charge in [0, 0.05) is 12.2 Å². The minimum absolute atomic E-state index is 0.0223. The van der Waals surface area contributed by atoms with Crippen molar-refractivity contribution < 1.29 is 14.6 Å². The molecule has 0 spiro atoms. The first-order valence-corrected chi connectivity index (χ1v) is 7.31. The smallest absolute Gasteiger partial charge is 0.225 e. The van der Waals surface area contributed by atoms with Gasteiger partial charge in [-0.2, -0.15) is 0 Å². The largest absolute Gasteiger partial charge is 0.496 e.